The van der Waals surface area contributed by atoms with E-state index in [0.717, 1.165) is 31.1 Å². The third-order valence-corrected chi connectivity index (χ3v) is 4.43. The summed E-state index contributed by atoms with van der Waals surface area (Å²) >= 11 is 1.20. The van der Waals surface area contributed by atoms with Crippen LogP contribution in [-0.2, 0) is 11.0 Å². The normalized spacial score (nSPS) is 12.8. The highest BCUT2D eigenvalue weighted by Gasteiger charge is 2.30. The Labute approximate surface area is 129 Å². The van der Waals surface area contributed by atoms with Crippen LogP contribution in [-0.4, -0.2) is 11.1 Å². The van der Waals surface area contributed by atoms with Crippen molar-refractivity contribution in [1.82, 2.24) is 0 Å². The molecule has 0 bridgehead atoms. The van der Waals surface area contributed by atoms with Gasteiger partial charge < -0.3 is 5.11 Å². The van der Waals surface area contributed by atoms with Crippen molar-refractivity contribution in [1.29, 1.82) is 0 Å². The maximum Gasteiger partial charge on any atom is 0.416 e. The van der Waals surface area contributed by atoms with Gasteiger partial charge in [-0.3, -0.25) is 0 Å². The minimum Gasteiger partial charge on any atom is -0.478 e. The highest BCUT2D eigenvalue weighted by atomic mass is 32.1. The van der Waals surface area contributed by atoms with E-state index in [2.05, 4.69) is 0 Å². The molecule has 0 aliphatic carbocycles. The number of carboxylic acids is 1. The Hall–Kier alpha value is -1.82. The number of benzene rings is 1. The Kier molecular flexibility index (Phi) is 4.90. The molecular weight excluding hydrogens is 313 g/mol. The average molecular weight is 328 g/mol. The predicted octanol–water partition coefficient (Wildman–Crippen LogP) is 5.58. The van der Waals surface area contributed by atoms with Crippen LogP contribution >= 0.6 is 11.3 Å². The van der Waals surface area contributed by atoms with Gasteiger partial charge in [-0.1, -0.05) is 19.4 Å². The van der Waals surface area contributed by atoms with Crippen molar-refractivity contribution in [3.63, 3.8) is 0 Å². The zero-order valence-corrected chi connectivity index (χ0v) is 12.7. The van der Waals surface area contributed by atoms with Gasteiger partial charge in [0.05, 0.1) is 5.56 Å². The molecule has 1 heterocycles. The first-order chi connectivity index (χ1) is 10.3. The molecule has 0 unspecified atom stereocenters. The quantitative estimate of drug-likeness (QED) is 0.728. The van der Waals surface area contributed by atoms with E-state index in [9.17, 15) is 18.0 Å². The van der Waals surface area contributed by atoms with Gasteiger partial charge in [0.15, 0.2) is 0 Å². The van der Waals surface area contributed by atoms with Crippen molar-refractivity contribution < 1.29 is 23.1 Å². The molecule has 0 fully saturated rings. The van der Waals surface area contributed by atoms with Crippen molar-refractivity contribution >= 4 is 33.0 Å². The fourth-order valence-electron chi connectivity index (χ4n) is 2.15. The first kappa shape index (κ1) is 16.5. The molecule has 0 spiro atoms. The molecule has 2 nitrogen and oxygen atoms in total. The number of hydrogen-bond acceptors (Lipinski definition) is 2. The molecule has 1 aromatic heterocycles. The van der Waals surface area contributed by atoms with Crippen LogP contribution in [0.1, 0.15) is 36.6 Å². The molecule has 0 amide bonds. The first-order valence-corrected chi connectivity index (χ1v) is 7.67. The lowest BCUT2D eigenvalue weighted by Crippen LogP contribution is -2.03. The van der Waals surface area contributed by atoms with E-state index in [1.807, 2.05) is 6.92 Å². The molecule has 6 heteroatoms. The summed E-state index contributed by atoms with van der Waals surface area (Å²) in [7, 11) is 0. The minimum absolute atomic E-state index is 0.512. The number of unbranched alkanes of at least 4 members (excludes halogenated alkanes) is 1. The van der Waals surface area contributed by atoms with E-state index >= 15 is 0 Å². The van der Waals surface area contributed by atoms with Gasteiger partial charge >= 0.3 is 12.1 Å². The molecule has 118 valence electrons. The van der Waals surface area contributed by atoms with Gasteiger partial charge in [-0.15, -0.1) is 11.3 Å². The number of carboxylic acid groups (broad SMARTS) is 1. The van der Waals surface area contributed by atoms with Gasteiger partial charge in [-0.05, 0) is 42.0 Å². The molecule has 1 N–H and O–H groups in total. The Balaban J connectivity index is 2.44. The number of fused-ring (bicyclic) bond motifs is 1. The lowest BCUT2D eigenvalue weighted by Gasteiger charge is -2.05. The van der Waals surface area contributed by atoms with Crippen LogP contribution in [0.5, 0.6) is 0 Å². The standard InChI is InChI=1S/C16H15F3O2S/c1-2-3-4-10(8-15(20)21)13-7-11-5-6-12(16(17,18)19)9-14(11)22-13/h5-9H,2-4H2,1H3,(H,20,21)/b10-8+. The van der Waals surface area contributed by atoms with Crippen LogP contribution < -0.4 is 0 Å². The van der Waals surface area contributed by atoms with Gasteiger partial charge in [0, 0.05) is 15.7 Å². The summed E-state index contributed by atoms with van der Waals surface area (Å²) < 4.78 is 38.7. The lowest BCUT2D eigenvalue weighted by molar-refractivity contribution is -0.137. The van der Waals surface area contributed by atoms with Crippen LogP contribution in [0.25, 0.3) is 15.7 Å². The number of aliphatic carboxylic acids is 1. The highest BCUT2D eigenvalue weighted by molar-refractivity contribution is 7.20. The van der Waals surface area contributed by atoms with Crippen molar-refractivity contribution in [2.45, 2.75) is 32.4 Å². The van der Waals surface area contributed by atoms with Crippen molar-refractivity contribution in [2.24, 2.45) is 0 Å². The summed E-state index contributed by atoms with van der Waals surface area (Å²) in [5.41, 5.74) is -0.0326. The fourth-order valence-corrected chi connectivity index (χ4v) is 3.29. The fraction of sp³-hybridized carbons (Fsp3) is 0.312. The molecule has 2 rings (SSSR count). The number of carbonyl (C=O) groups is 1. The second kappa shape index (κ2) is 6.52. The monoisotopic (exact) mass is 328 g/mol. The largest absolute Gasteiger partial charge is 0.478 e. The smallest absolute Gasteiger partial charge is 0.416 e. The van der Waals surface area contributed by atoms with E-state index in [-0.39, 0.29) is 0 Å². The van der Waals surface area contributed by atoms with Crippen molar-refractivity contribution in [3.05, 3.63) is 40.8 Å². The van der Waals surface area contributed by atoms with Gasteiger partial charge in [0.2, 0.25) is 0 Å². The van der Waals surface area contributed by atoms with E-state index in [4.69, 9.17) is 5.11 Å². The van der Waals surface area contributed by atoms with Crippen LogP contribution in [0.2, 0.25) is 0 Å². The van der Waals surface area contributed by atoms with Crippen molar-refractivity contribution in [3.8, 4) is 0 Å². The summed E-state index contributed by atoms with van der Waals surface area (Å²) in [6.07, 6.45) is -0.881. The summed E-state index contributed by atoms with van der Waals surface area (Å²) in [4.78, 5) is 11.6. The zero-order valence-electron chi connectivity index (χ0n) is 11.9. The van der Waals surface area contributed by atoms with E-state index in [1.165, 1.54) is 17.4 Å². The molecule has 0 atom stereocenters. The maximum atomic E-state index is 12.7. The average Bonchev–Trinajstić information content (AvgIpc) is 2.84. The number of thiophene rings is 1. The van der Waals surface area contributed by atoms with E-state index in [1.54, 1.807) is 6.07 Å². The second-order valence-corrected chi connectivity index (χ2v) is 6.06. The number of rotatable bonds is 5. The molecule has 0 saturated heterocycles. The number of allylic oxidation sites excluding steroid dienone is 1. The Morgan fingerprint density at radius 2 is 2.05 bits per heavy atom. The summed E-state index contributed by atoms with van der Waals surface area (Å²) in [5, 5.41) is 9.64. The second-order valence-electron chi connectivity index (χ2n) is 4.97. The molecule has 2 aromatic rings. The van der Waals surface area contributed by atoms with E-state index < -0.39 is 17.7 Å². The molecular formula is C16H15F3O2S. The lowest BCUT2D eigenvalue weighted by atomic mass is 10.1. The minimum atomic E-state index is -4.37. The van der Waals surface area contributed by atoms with E-state index in [0.29, 0.717) is 27.0 Å². The summed E-state index contributed by atoms with van der Waals surface area (Å²) in [6, 6.07) is 5.34. The van der Waals surface area contributed by atoms with Gasteiger partial charge in [0.25, 0.3) is 0 Å². The zero-order chi connectivity index (χ0) is 16.3. The SMILES string of the molecule is CCCC/C(=C\C(=O)O)c1cc2ccc(C(F)(F)F)cc2s1. The Morgan fingerprint density at radius 1 is 1.32 bits per heavy atom. The predicted molar refractivity (Wildman–Crippen MR) is 82.0 cm³/mol. The van der Waals surface area contributed by atoms with Crippen LogP contribution in [0.4, 0.5) is 13.2 Å². The van der Waals surface area contributed by atoms with Crippen LogP contribution in [0, 0.1) is 0 Å². The molecule has 1 aromatic carbocycles. The van der Waals surface area contributed by atoms with Gasteiger partial charge in [-0.25, -0.2) is 4.79 Å². The Bertz CT molecular complexity index is 714. The number of alkyl halides is 3. The number of halogens is 3. The Morgan fingerprint density at radius 3 is 2.64 bits per heavy atom. The third kappa shape index (κ3) is 3.88. The molecule has 22 heavy (non-hydrogen) atoms. The number of hydrogen-bond donors (Lipinski definition) is 1. The topological polar surface area (TPSA) is 37.3 Å². The third-order valence-electron chi connectivity index (χ3n) is 3.26. The highest BCUT2D eigenvalue weighted by Crippen LogP contribution is 2.37. The first-order valence-electron chi connectivity index (χ1n) is 6.86. The summed E-state index contributed by atoms with van der Waals surface area (Å²) in [5.74, 6) is -1.04. The maximum absolute atomic E-state index is 12.7. The summed E-state index contributed by atoms with van der Waals surface area (Å²) in [6.45, 7) is 2.00. The molecule has 0 aliphatic heterocycles. The van der Waals surface area contributed by atoms with Gasteiger partial charge in [-0.2, -0.15) is 13.2 Å². The molecule has 0 aliphatic rings. The van der Waals surface area contributed by atoms with Gasteiger partial charge in [0.1, 0.15) is 0 Å². The van der Waals surface area contributed by atoms with Crippen LogP contribution in [0.15, 0.2) is 30.3 Å². The molecule has 0 saturated carbocycles. The van der Waals surface area contributed by atoms with Crippen molar-refractivity contribution in [2.75, 3.05) is 0 Å². The van der Waals surface area contributed by atoms with Crippen LogP contribution in [0.3, 0.4) is 0 Å². The molecule has 0 radical (unpaired) electrons.